The molecule has 0 radical (unpaired) electrons. The quantitative estimate of drug-likeness (QED) is 0.314. The van der Waals surface area contributed by atoms with E-state index in [9.17, 15) is 28.9 Å². The Balaban J connectivity index is 1.71. The topological polar surface area (TPSA) is 101 Å². The van der Waals surface area contributed by atoms with Crippen LogP contribution in [0.5, 0.6) is 0 Å². The van der Waals surface area contributed by atoms with Gasteiger partial charge in [-0.1, -0.05) is 35.9 Å². The highest BCUT2D eigenvalue weighted by Gasteiger charge is 2.44. The first-order chi connectivity index (χ1) is 16.2. The zero-order valence-corrected chi connectivity index (χ0v) is 18.2. The van der Waals surface area contributed by atoms with Crippen LogP contribution >= 0.6 is 0 Å². The van der Waals surface area contributed by atoms with Crippen molar-refractivity contribution in [3.8, 4) is 0 Å². The SMILES string of the molecule is Cc1ccc(CN(C(=O)c2cccc([N+](=O)[O-])c2)C2CC(=O)N(c3ccc(F)cc3)C2=O)cc1. The van der Waals surface area contributed by atoms with Crippen LogP contribution < -0.4 is 4.90 Å². The lowest BCUT2D eigenvalue weighted by Gasteiger charge is -2.28. The number of aryl methyl sites for hydroxylation is 1. The van der Waals surface area contributed by atoms with E-state index in [4.69, 9.17) is 0 Å². The molecule has 1 aliphatic rings. The van der Waals surface area contributed by atoms with E-state index in [-0.39, 0.29) is 29.9 Å². The minimum Gasteiger partial charge on any atom is -0.322 e. The van der Waals surface area contributed by atoms with Crippen molar-refractivity contribution in [3.63, 3.8) is 0 Å². The van der Waals surface area contributed by atoms with Gasteiger partial charge in [-0.3, -0.25) is 24.5 Å². The minimum atomic E-state index is -1.12. The van der Waals surface area contributed by atoms with E-state index in [0.29, 0.717) is 0 Å². The second-order valence-corrected chi connectivity index (χ2v) is 7.99. The fourth-order valence-corrected chi connectivity index (χ4v) is 3.85. The normalized spacial score (nSPS) is 15.5. The number of nitro groups is 1. The zero-order chi connectivity index (χ0) is 24.4. The molecule has 0 aromatic heterocycles. The number of hydrogen-bond donors (Lipinski definition) is 0. The lowest BCUT2D eigenvalue weighted by molar-refractivity contribution is -0.384. The highest BCUT2D eigenvalue weighted by Crippen LogP contribution is 2.28. The molecule has 1 atom stereocenters. The van der Waals surface area contributed by atoms with Crippen LogP contribution in [0.1, 0.15) is 27.9 Å². The first-order valence-electron chi connectivity index (χ1n) is 10.5. The van der Waals surface area contributed by atoms with E-state index in [1.54, 1.807) is 0 Å². The molecule has 4 rings (SSSR count). The largest absolute Gasteiger partial charge is 0.322 e. The number of anilines is 1. The Morgan fingerprint density at radius 2 is 1.76 bits per heavy atom. The third-order valence-corrected chi connectivity index (χ3v) is 5.62. The molecule has 0 aliphatic carbocycles. The number of nitro benzene ring substituents is 1. The molecule has 1 aliphatic heterocycles. The van der Waals surface area contributed by atoms with Crippen molar-refractivity contribution >= 4 is 29.1 Å². The molecule has 1 saturated heterocycles. The second-order valence-electron chi connectivity index (χ2n) is 7.99. The number of amides is 3. The molecule has 0 saturated carbocycles. The number of benzene rings is 3. The summed E-state index contributed by atoms with van der Waals surface area (Å²) in [6, 6.07) is 16.4. The van der Waals surface area contributed by atoms with Crippen LogP contribution in [0.3, 0.4) is 0 Å². The van der Waals surface area contributed by atoms with Crippen molar-refractivity contribution in [3.05, 3.63) is 105 Å². The van der Waals surface area contributed by atoms with Gasteiger partial charge in [-0.15, -0.1) is 0 Å². The summed E-state index contributed by atoms with van der Waals surface area (Å²) in [5.41, 5.74) is 1.71. The van der Waals surface area contributed by atoms with Gasteiger partial charge in [-0.05, 0) is 42.8 Å². The molecular formula is C25H20FN3O5. The molecule has 0 bridgehead atoms. The summed E-state index contributed by atoms with van der Waals surface area (Å²) in [6.45, 7) is 1.93. The monoisotopic (exact) mass is 461 g/mol. The maximum atomic E-state index is 13.5. The van der Waals surface area contributed by atoms with Crippen molar-refractivity contribution in [2.75, 3.05) is 4.90 Å². The van der Waals surface area contributed by atoms with Gasteiger partial charge in [0.15, 0.2) is 0 Å². The van der Waals surface area contributed by atoms with Crippen molar-refractivity contribution in [1.29, 1.82) is 0 Å². The third kappa shape index (κ3) is 4.54. The van der Waals surface area contributed by atoms with Crippen LogP contribution in [-0.2, 0) is 16.1 Å². The van der Waals surface area contributed by atoms with Crippen molar-refractivity contribution < 1.29 is 23.7 Å². The molecule has 8 nitrogen and oxygen atoms in total. The first kappa shape index (κ1) is 22.8. The standard InChI is InChI=1S/C25H20FN3O5/c1-16-5-7-17(8-6-16)15-27(24(31)18-3-2-4-21(13-18)29(33)34)22-14-23(30)28(25(22)32)20-11-9-19(26)10-12-20/h2-13,22H,14-15H2,1H3. The van der Waals surface area contributed by atoms with Gasteiger partial charge >= 0.3 is 0 Å². The molecule has 3 aromatic rings. The number of hydrogen-bond acceptors (Lipinski definition) is 5. The van der Waals surface area contributed by atoms with E-state index in [1.165, 1.54) is 35.2 Å². The van der Waals surface area contributed by atoms with Crippen molar-refractivity contribution in [2.45, 2.75) is 25.9 Å². The molecule has 9 heteroatoms. The Kier molecular flexibility index (Phi) is 6.18. The zero-order valence-electron chi connectivity index (χ0n) is 18.2. The van der Waals surface area contributed by atoms with Gasteiger partial charge in [0.2, 0.25) is 5.91 Å². The van der Waals surface area contributed by atoms with E-state index < -0.39 is 34.5 Å². The number of carbonyl (C=O) groups is 3. The molecule has 172 valence electrons. The van der Waals surface area contributed by atoms with Gasteiger partial charge in [-0.25, -0.2) is 9.29 Å². The van der Waals surface area contributed by atoms with Crippen LogP contribution in [0.25, 0.3) is 0 Å². The summed E-state index contributed by atoms with van der Waals surface area (Å²) < 4.78 is 13.3. The Morgan fingerprint density at radius 3 is 2.41 bits per heavy atom. The molecule has 1 fully saturated rings. The Labute approximate surface area is 194 Å². The van der Waals surface area contributed by atoms with Gasteiger partial charge in [0.05, 0.1) is 17.0 Å². The molecule has 0 spiro atoms. The van der Waals surface area contributed by atoms with Crippen LogP contribution in [0.15, 0.2) is 72.8 Å². The fourth-order valence-electron chi connectivity index (χ4n) is 3.85. The number of carbonyl (C=O) groups excluding carboxylic acids is 3. The van der Waals surface area contributed by atoms with Gasteiger partial charge < -0.3 is 4.90 Å². The number of nitrogens with zero attached hydrogens (tertiary/aromatic N) is 3. The Morgan fingerprint density at radius 1 is 1.09 bits per heavy atom. The summed E-state index contributed by atoms with van der Waals surface area (Å²) in [6.07, 6.45) is -0.261. The predicted octanol–water partition coefficient (Wildman–Crippen LogP) is 4.02. The number of non-ortho nitro benzene ring substituents is 1. The minimum absolute atomic E-state index is 0.0166. The van der Waals surface area contributed by atoms with Crippen LogP contribution in [0, 0.1) is 22.9 Å². The second kappa shape index (κ2) is 9.22. The smallest absolute Gasteiger partial charge is 0.270 e. The Bertz CT molecular complexity index is 1270. The molecular weight excluding hydrogens is 441 g/mol. The summed E-state index contributed by atoms with van der Waals surface area (Å²) >= 11 is 0. The number of halogens is 1. The Hall–Kier alpha value is -4.40. The maximum Gasteiger partial charge on any atom is 0.270 e. The highest BCUT2D eigenvalue weighted by molar-refractivity contribution is 6.23. The average Bonchev–Trinajstić information content (AvgIpc) is 3.12. The van der Waals surface area contributed by atoms with E-state index in [2.05, 4.69) is 0 Å². The lowest BCUT2D eigenvalue weighted by Crippen LogP contribution is -2.45. The first-order valence-corrected chi connectivity index (χ1v) is 10.5. The molecule has 3 amide bonds. The van der Waals surface area contributed by atoms with E-state index in [1.807, 2.05) is 31.2 Å². The van der Waals surface area contributed by atoms with Gasteiger partial charge in [0.25, 0.3) is 17.5 Å². The molecule has 1 unspecified atom stereocenters. The van der Waals surface area contributed by atoms with Gasteiger partial charge in [0.1, 0.15) is 11.9 Å². The highest BCUT2D eigenvalue weighted by atomic mass is 19.1. The van der Waals surface area contributed by atoms with Gasteiger partial charge in [-0.2, -0.15) is 0 Å². The van der Waals surface area contributed by atoms with E-state index >= 15 is 0 Å². The maximum absolute atomic E-state index is 13.5. The lowest BCUT2D eigenvalue weighted by atomic mass is 10.1. The average molecular weight is 461 g/mol. The van der Waals surface area contributed by atoms with Crippen molar-refractivity contribution in [1.82, 2.24) is 4.90 Å². The molecule has 1 heterocycles. The molecule has 3 aromatic carbocycles. The van der Waals surface area contributed by atoms with Gasteiger partial charge in [0, 0.05) is 24.2 Å². The van der Waals surface area contributed by atoms with Crippen LogP contribution in [-0.4, -0.2) is 33.6 Å². The molecule has 0 N–H and O–H groups in total. The fraction of sp³-hybridized carbons (Fsp3) is 0.160. The molecule has 34 heavy (non-hydrogen) atoms. The summed E-state index contributed by atoms with van der Waals surface area (Å²) in [7, 11) is 0. The van der Waals surface area contributed by atoms with Crippen molar-refractivity contribution in [2.24, 2.45) is 0 Å². The van der Waals surface area contributed by atoms with Crippen LogP contribution in [0.2, 0.25) is 0 Å². The summed E-state index contributed by atoms with van der Waals surface area (Å²) in [5, 5.41) is 11.2. The summed E-state index contributed by atoms with van der Waals surface area (Å²) in [5.74, 6) is -2.28. The number of imide groups is 1. The third-order valence-electron chi connectivity index (χ3n) is 5.62. The van der Waals surface area contributed by atoms with E-state index in [0.717, 1.165) is 34.2 Å². The summed E-state index contributed by atoms with van der Waals surface area (Å²) in [4.78, 5) is 52.3. The van der Waals surface area contributed by atoms with Crippen LogP contribution in [0.4, 0.5) is 15.8 Å². The predicted molar refractivity (Wildman–Crippen MR) is 121 cm³/mol. The number of rotatable bonds is 6.